The number of ketones is 2. The monoisotopic (exact) mass is 680 g/mol. The number of hydrogen-bond donors (Lipinski definition) is 4. The van der Waals surface area contributed by atoms with Gasteiger partial charge < -0.3 is 35.5 Å². The molecule has 1 aliphatic carbocycles. The largest absolute Gasteiger partial charge is 0.508 e. The molecule has 2 amide bonds. The molecule has 4 unspecified atom stereocenters. The Bertz CT molecular complexity index is 1790. The number of nitrogens with two attached hydrogens (primary N) is 1. The number of halogens is 1. The molecule has 0 bridgehead atoms. The van der Waals surface area contributed by atoms with Crippen LogP contribution in [0.15, 0.2) is 70.8 Å². The Morgan fingerprint density at radius 2 is 1.68 bits per heavy atom. The van der Waals surface area contributed by atoms with Gasteiger partial charge in [0.25, 0.3) is 0 Å². The molecule has 5 rings (SSSR count). The van der Waals surface area contributed by atoms with E-state index in [0.29, 0.717) is 11.1 Å². The van der Waals surface area contributed by atoms with Gasteiger partial charge in [-0.05, 0) is 41.6 Å². The van der Waals surface area contributed by atoms with Crippen molar-refractivity contribution >= 4 is 46.7 Å². The number of ether oxygens (including phenoxy) is 3. The number of thioether (sulfide) groups is 1. The van der Waals surface area contributed by atoms with Crippen molar-refractivity contribution in [1.82, 2.24) is 5.32 Å². The minimum Gasteiger partial charge on any atom is -0.508 e. The van der Waals surface area contributed by atoms with Crippen molar-refractivity contribution in [3.63, 3.8) is 0 Å². The average molecular weight is 681 g/mol. The number of carbonyl (C=O) groups excluding carboxylic acids is 4. The van der Waals surface area contributed by atoms with E-state index in [1.54, 1.807) is 31.2 Å². The molecule has 1 aliphatic heterocycles. The van der Waals surface area contributed by atoms with Gasteiger partial charge in [-0.1, -0.05) is 42.8 Å². The maximum Gasteiger partial charge on any atom is 0.244 e. The second kappa shape index (κ2) is 13.2. The molecule has 0 aromatic heterocycles. The van der Waals surface area contributed by atoms with E-state index in [0.717, 1.165) is 4.90 Å². The molecule has 0 fully saturated rings. The Hall–Kier alpha value is -4.68. The van der Waals surface area contributed by atoms with Gasteiger partial charge >= 0.3 is 0 Å². The van der Waals surface area contributed by atoms with Gasteiger partial charge in [0.1, 0.15) is 33.9 Å². The molecule has 246 valence electrons. The summed E-state index contributed by atoms with van der Waals surface area (Å²) in [5.74, 6) is -5.03. The Labute approximate surface area is 280 Å². The number of carbonyl (C=O) groups is 4. The number of phenolic OH excluding ortho intramolecular Hbond substituents is 1. The number of allylic oxidation sites excluding steroid dienone is 1. The lowest BCUT2D eigenvalue weighted by Gasteiger charge is -2.38. The molecule has 13 heteroatoms. The number of fused-ring (bicyclic) bond motifs is 1. The van der Waals surface area contributed by atoms with Gasteiger partial charge in [0, 0.05) is 41.2 Å². The number of benzene rings is 3. The van der Waals surface area contributed by atoms with Crippen LogP contribution in [0.2, 0.25) is 5.02 Å². The third-order valence-electron chi connectivity index (χ3n) is 8.58. The fourth-order valence-electron chi connectivity index (χ4n) is 6.15. The highest BCUT2D eigenvalue weighted by atomic mass is 35.5. The SMILES string of the molecule is COc1cc(OC)c2c(c1Cl)OC1(C2=O)C(O)=C(C(CC(=O)NC(C(N)=O)c2ccc(O)cc2)c2ccc(SC)cc2)C(=O)CC1C. The van der Waals surface area contributed by atoms with E-state index in [1.807, 2.05) is 6.26 Å². The third kappa shape index (κ3) is 5.87. The zero-order valence-corrected chi connectivity index (χ0v) is 27.5. The maximum absolute atomic E-state index is 14.3. The summed E-state index contributed by atoms with van der Waals surface area (Å²) in [5, 5.41) is 24.3. The zero-order valence-electron chi connectivity index (χ0n) is 26.0. The van der Waals surface area contributed by atoms with Gasteiger partial charge in [-0.3, -0.25) is 19.2 Å². The lowest BCUT2D eigenvalue weighted by atomic mass is 9.69. The van der Waals surface area contributed by atoms with Crippen molar-refractivity contribution < 1.29 is 43.6 Å². The number of nitrogens with one attached hydrogen (secondary N) is 1. The Morgan fingerprint density at radius 1 is 1.06 bits per heavy atom. The summed E-state index contributed by atoms with van der Waals surface area (Å²) in [6.07, 6.45) is 1.29. The van der Waals surface area contributed by atoms with E-state index in [1.165, 1.54) is 56.3 Å². The van der Waals surface area contributed by atoms with Gasteiger partial charge in [-0.25, -0.2) is 0 Å². The minimum atomic E-state index is -2.05. The van der Waals surface area contributed by atoms with Crippen molar-refractivity contribution in [2.75, 3.05) is 20.5 Å². The van der Waals surface area contributed by atoms with Crippen LogP contribution in [-0.2, 0) is 14.4 Å². The second-order valence-corrected chi connectivity index (χ2v) is 12.5. The molecule has 1 heterocycles. The molecule has 47 heavy (non-hydrogen) atoms. The lowest BCUT2D eigenvalue weighted by molar-refractivity contribution is -0.127. The zero-order chi connectivity index (χ0) is 34.2. The van der Waals surface area contributed by atoms with Crippen LogP contribution < -0.4 is 25.3 Å². The Kier molecular flexibility index (Phi) is 9.46. The van der Waals surface area contributed by atoms with E-state index in [9.17, 15) is 29.4 Å². The second-order valence-electron chi connectivity index (χ2n) is 11.3. The van der Waals surface area contributed by atoms with E-state index >= 15 is 0 Å². The molecular weight excluding hydrogens is 648 g/mol. The van der Waals surface area contributed by atoms with Crippen LogP contribution >= 0.6 is 23.4 Å². The summed E-state index contributed by atoms with van der Waals surface area (Å²) in [6.45, 7) is 1.61. The fourth-order valence-corrected chi connectivity index (χ4v) is 6.83. The molecule has 5 N–H and O–H groups in total. The predicted octanol–water partition coefficient (Wildman–Crippen LogP) is 5.04. The summed E-state index contributed by atoms with van der Waals surface area (Å²) in [5.41, 5.74) is 4.20. The average Bonchev–Trinajstić information content (AvgIpc) is 3.37. The van der Waals surface area contributed by atoms with E-state index in [-0.39, 0.29) is 45.6 Å². The first kappa shape index (κ1) is 33.7. The molecule has 3 aromatic rings. The van der Waals surface area contributed by atoms with Crippen molar-refractivity contribution in [1.29, 1.82) is 0 Å². The van der Waals surface area contributed by atoms with Crippen molar-refractivity contribution in [3.8, 4) is 23.0 Å². The Morgan fingerprint density at radius 3 is 2.26 bits per heavy atom. The highest BCUT2D eigenvalue weighted by Crippen LogP contribution is 2.55. The number of aliphatic hydroxyl groups excluding tert-OH is 1. The van der Waals surface area contributed by atoms with Crippen LogP contribution in [0.25, 0.3) is 0 Å². The fraction of sp³-hybridized carbons (Fsp3) is 0.294. The molecule has 0 saturated carbocycles. The number of rotatable bonds is 10. The topological polar surface area (TPSA) is 174 Å². The van der Waals surface area contributed by atoms with Crippen LogP contribution in [0.1, 0.15) is 53.2 Å². The normalized spacial score (nSPS) is 20.0. The van der Waals surface area contributed by atoms with E-state index < -0.39 is 59.0 Å². The van der Waals surface area contributed by atoms with Crippen molar-refractivity contribution in [3.05, 3.63) is 87.6 Å². The third-order valence-corrected chi connectivity index (χ3v) is 9.69. The molecule has 2 aliphatic rings. The first-order valence-electron chi connectivity index (χ1n) is 14.5. The lowest BCUT2D eigenvalue weighted by Crippen LogP contribution is -2.53. The van der Waals surface area contributed by atoms with E-state index in [4.69, 9.17) is 31.5 Å². The summed E-state index contributed by atoms with van der Waals surface area (Å²) in [6, 6.07) is 12.8. The van der Waals surface area contributed by atoms with Gasteiger partial charge in [-0.15, -0.1) is 11.8 Å². The number of methoxy groups -OCH3 is 2. The highest BCUT2D eigenvalue weighted by molar-refractivity contribution is 7.98. The Balaban J connectivity index is 1.62. The summed E-state index contributed by atoms with van der Waals surface area (Å²) >= 11 is 8.06. The number of primary amides is 1. The molecule has 0 radical (unpaired) electrons. The molecule has 3 aromatic carbocycles. The van der Waals surface area contributed by atoms with Gasteiger partial charge in [0.2, 0.25) is 23.2 Å². The number of aromatic hydroxyl groups is 1. The van der Waals surface area contributed by atoms with Gasteiger partial charge in [-0.2, -0.15) is 0 Å². The van der Waals surface area contributed by atoms with Crippen LogP contribution in [0.4, 0.5) is 0 Å². The summed E-state index contributed by atoms with van der Waals surface area (Å²) in [7, 11) is 2.75. The first-order valence-corrected chi connectivity index (χ1v) is 16.1. The molecule has 0 saturated heterocycles. The quantitative estimate of drug-likeness (QED) is 0.213. The standard InChI is InChI=1S/C34H33ClN2O9S/c1-16-13-22(39)26(31(41)34(16)32(42)27-23(44-2)15-24(45-3)28(35)30(27)46-34)21(17-7-11-20(47-4)12-8-17)14-25(40)37-29(33(36)43)18-5-9-19(38)10-6-18/h5-12,15-16,21,29,38,41H,13-14H2,1-4H3,(H2,36,43)(H,37,40). The number of Topliss-reactive ketones (excluding diaryl/α,β-unsaturated/α-hetero) is 2. The highest BCUT2D eigenvalue weighted by Gasteiger charge is 2.61. The number of phenols is 1. The molecular formula is C34H33ClN2O9S. The van der Waals surface area contributed by atoms with Crippen LogP contribution in [0.3, 0.4) is 0 Å². The van der Waals surface area contributed by atoms with Crippen LogP contribution in [0, 0.1) is 5.92 Å². The smallest absolute Gasteiger partial charge is 0.244 e. The summed E-state index contributed by atoms with van der Waals surface area (Å²) in [4.78, 5) is 55.1. The number of amides is 2. The molecule has 4 atom stereocenters. The first-order chi connectivity index (χ1) is 22.4. The number of hydrogen-bond acceptors (Lipinski definition) is 10. The van der Waals surface area contributed by atoms with Gasteiger partial charge in [0.05, 0.1) is 14.2 Å². The van der Waals surface area contributed by atoms with Crippen molar-refractivity contribution in [2.45, 2.75) is 42.2 Å². The predicted molar refractivity (Wildman–Crippen MR) is 174 cm³/mol. The molecule has 1 spiro atoms. The van der Waals surface area contributed by atoms with Gasteiger partial charge in [0.15, 0.2) is 17.3 Å². The molecule has 11 nitrogen and oxygen atoms in total. The van der Waals surface area contributed by atoms with Crippen LogP contribution in [-0.4, -0.2) is 59.7 Å². The van der Waals surface area contributed by atoms with Crippen molar-refractivity contribution in [2.24, 2.45) is 11.7 Å². The maximum atomic E-state index is 14.3. The minimum absolute atomic E-state index is 0.0118. The van der Waals surface area contributed by atoms with Crippen LogP contribution in [0.5, 0.6) is 23.0 Å². The number of aliphatic hydroxyl groups is 1. The summed E-state index contributed by atoms with van der Waals surface area (Å²) < 4.78 is 17.1. The van der Waals surface area contributed by atoms with E-state index in [2.05, 4.69) is 5.32 Å².